The number of carboxylic acid groups (broad SMARTS) is 1. The van der Waals surface area contributed by atoms with Gasteiger partial charge in [-0.05, 0) is 31.5 Å². The third-order valence-corrected chi connectivity index (χ3v) is 4.29. The van der Waals surface area contributed by atoms with E-state index in [-0.39, 0.29) is 12.6 Å². The smallest absolute Gasteiger partial charge is 0.321 e. The molecule has 3 rings (SSSR count). The number of hydrogen-bond acceptors (Lipinski definition) is 5. The van der Waals surface area contributed by atoms with Crippen LogP contribution in [-0.4, -0.2) is 54.2 Å². The molecule has 0 aliphatic carbocycles. The van der Waals surface area contributed by atoms with Crippen molar-refractivity contribution in [3.8, 4) is 0 Å². The standard InChI is InChI=1S/C16H20N4O4/c1-16(13(21)22)6-7-20(9-16)14(23)17-10-4-5-12-11(8-10)18-15(24-12)19(2)3/h4-5,8H,6-7,9H2,1-3H3,(H,17,23)(H,21,22). The number of carbonyl (C=O) groups excluding carboxylic acids is 1. The highest BCUT2D eigenvalue weighted by molar-refractivity contribution is 5.92. The number of benzene rings is 1. The van der Waals surface area contributed by atoms with Crippen LogP contribution in [0.3, 0.4) is 0 Å². The monoisotopic (exact) mass is 332 g/mol. The van der Waals surface area contributed by atoms with Gasteiger partial charge < -0.3 is 24.6 Å². The van der Waals surface area contributed by atoms with Crippen molar-refractivity contribution in [3.63, 3.8) is 0 Å². The lowest BCUT2D eigenvalue weighted by atomic mass is 9.90. The average Bonchev–Trinajstić information content (AvgIpc) is 3.11. The fourth-order valence-electron chi connectivity index (χ4n) is 2.70. The first-order valence-corrected chi connectivity index (χ1v) is 7.66. The molecular weight excluding hydrogens is 312 g/mol. The van der Waals surface area contributed by atoms with E-state index in [0.29, 0.717) is 35.8 Å². The zero-order chi connectivity index (χ0) is 17.5. The van der Waals surface area contributed by atoms with Crippen LogP contribution in [0.1, 0.15) is 13.3 Å². The molecular formula is C16H20N4O4. The maximum Gasteiger partial charge on any atom is 0.321 e. The predicted molar refractivity (Wildman–Crippen MR) is 89.3 cm³/mol. The minimum atomic E-state index is -0.881. The first-order valence-electron chi connectivity index (χ1n) is 7.66. The van der Waals surface area contributed by atoms with Crippen molar-refractivity contribution in [2.75, 3.05) is 37.4 Å². The largest absolute Gasteiger partial charge is 0.481 e. The van der Waals surface area contributed by atoms with Crippen LogP contribution in [0.4, 0.5) is 16.5 Å². The summed E-state index contributed by atoms with van der Waals surface area (Å²) in [5.41, 5.74) is 0.994. The van der Waals surface area contributed by atoms with Crippen LogP contribution in [0.5, 0.6) is 0 Å². The number of carbonyl (C=O) groups is 2. The molecule has 1 aromatic heterocycles. The topological polar surface area (TPSA) is 98.9 Å². The Morgan fingerprint density at radius 2 is 2.17 bits per heavy atom. The van der Waals surface area contributed by atoms with E-state index < -0.39 is 11.4 Å². The maximum atomic E-state index is 12.3. The summed E-state index contributed by atoms with van der Waals surface area (Å²) in [5, 5.41) is 12.0. The summed E-state index contributed by atoms with van der Waals surface area (Å²) in [5.74, 6) is -0.877. The Morgan fingerprint density at radius 3 is 2.79 bits per heavy atom. The molecule has 24 heavy (non-hydrogen) atoms. The van der Waals surface area contributed by atoms with Crippen molar-refractivity contribution in [2.45, 2.75) is 13.3 Å². The molecule has 1 saturated heterocycles. The Labute approximate surface area is 139 Å². The van der Waals surface area contributed by atoms with E-state index in [0.717, 1.165) is 0 Å². The number of urea groups is 1. The number of anilines is 2. The van der Waals surface area contributed by atoms with E-state index in [1.165, 1.54) is 4.90 Å². The molecule has 1 aliphatic rings. The van der Waals surface area contributed by atoms with Crippen LogP contribution in [-0.2, 0) is 4.79 Å². The molecule has 0 spiro atoms. The summed E-state index contributed by atoms with van der Waals surface area (Å²) < 4.78 is 5.57. The van der Waals surface area contributed by atoms with Gasteiger partial charge in [0, 0.05) is 32.9 Å². The zero-order valence-electron chi connectivity index (χ0n) is 13.9. The molecule has 128 valence electrons. The lowest BCUT2D eigenvalue weighted by Gasteiger charge is -2.20. The molecule has 2 aromatic rings. The molecule has 8 heteroatoms. The van der Waals surface area contributed by atoms with Crippen LogP contribution in [0.15, 0.2) is 22.6 Å². The van der Waals surface area contributed by atoms with E-state index >= 15 is 0 Å². The number of fused-ring (bicyclic) bond motifs is 1. The third-order valence-electron chi connectivity index (χ3n) is 4.29. The summed E-state index contributed by atoms with van der Waals surface area (Å²) >= 11 is 0. The number of nitrogens with zero attached hydrogens (tertiary/aromatic N) is 3. The fourth-order valence-corrected chi connectivity index (χ4v) is 2.70. The Hall–Kier alpha value is -2.77. The van der Waals surface area contributed by atoms with Gasteiger partial charge in [-0.3, -0.25) is 4.79 Å². The molecule has 0 bridgehead atoms. The van der Waals surface area contributed by atoms with Gasteiger partial charge in [0.25, 0.3) is 6.01 Å². The number of nitrogens with one attached hydrogen (secondary N) is 1. The molecule has 8 nitrogen and oxygen atoms in total. The zero-order valence-corrected chi connectivity index (χ0v) is 13.9. The summed E-state index contributed by atoms with van der Waals surface area (Å²) in [6.45, 7) is 2.28. The number of rotatable bonds is 3. The summed E-state index contributed by atoms with van der Waals surface area (Å²) in [6, 6.07) is 5.39. The Kier molecular flexibility index (Phi) is 3.82. The van der Waals surface area contributed by atoms with Gasteiger partial charge in [0.2, 0.25) is 0 Å². The first-order chi connectivity index (χ1) is 11.3. The Bertz CT molecular complexity index is 800. The molecule has 1 aliphatic heterocycles. The summed E-state index contributed by atoms with van der Waals surface area (Å²) in [4.78, 5) is 31.2. The molecule has 0 radical (unpaired) electrons. The van der Waals surface area contributed by atoms with Gasteiger partial charge >= 0.3 is 12.0 Å². The van der Waals surface area contributed by atoms with Crippen molar-refractivity contribution in [1.29, 1.82) is 0 Å². The fraction of sp³-hybridized carbons (Fsp3) is 0.438. The second kappa shape index (κ2) is 5.70. The quantitative estimate of drug-likeness (QED) is 0.894. The summed E-state index contributed by atoms with van der Waals surface area (Å²) in [6.07, 6.45) is 0.449. The number of aliphatic carboxylic acids is 1. The van der Waals surface area contributed by atoms with Crippen molar-refractivity contribution in [1.82, 2.24) is 9.88 Å². The number of aromatic nitrogens is 1. The first kappa shape index (κ1) is 16.1. The average molecular weight is 332 g/mol. The highest BCUT2D eigenvalue weighted by atomic mass is 16.4. The highest BCUT2D eigenvalue weighted by Gasteiger charge is 2.42. The second-order valence-electron chi connectivity index (χ2n) is 6.54. The molecule has 1 atom stereocenters. The normalized spacial score (nSPS) is 20.4. The van der Waals surface area contributed by atoms with Crippen molar-refractivity contribution >= 4 is 34.8 Å². The maximum absolute atomic E-state index is 12.3. The Morgan fingerprint density at radius 1 is 1.42 bits per heavy atom. The predicted octanol–water partition coefficient (Wildman–Crippen LogP) is 2.22. The van der Waals surface area contributed by atoms with Crippen molar-refractivity contribution in [2.24, 2.45) is 5.41 Å². The molecule has 1 unspecified atom stereocenters. The van der Waals surface area contributed by atoms with Gasteiger partial charge in [-0.2, -0.15) is 4.98 Å². The van der Waals surface area contributed by atoms with Crippen LogP contribution in [0.2, 0.25) is 0 Å². The number of carboxylic acids is 1. The molecule has 2 heterocycles. The van der Waals surface area contributed by atoms with Crippen LogP contribution >= 0.6 is 0 Å². The third kappa shape index (κ3) is 2.86. The highest BCUT2D eigenvalue weighted by Crippen LogP contribution is 2.30. The summed E-state index contributed by atoms with van der Waals surface area (Å²) in [7, 11) is 3.67. The molecule has 1 fully saturated rings. The lowest BCUT2D eigenvalue weighted by Crippen LogP contribution is -2.37. The van der Waals surface area contributed by atoms with Crippen molar-refractivity contribution < 1.29 is 19.1 Å². The van der Waals surface area contributed by atoms with Gasteiger partial charge in [0.05, 0.1) is 5.41 Å². The van der Waals surface area contributed by atoms with Crippen LogP contribution in [0.25, 0.3) is 11.1 Å². The van der Waals surface area contributed by atoms with E-state index in [4.69, 9.17) is 4.42 Å². The number of oxazole rings is 1. The van der Waals surface area contributed by atoms with E-state index in [1.54, 1.807) is 30.0 Å². The number of amides is 2. The lowest BCUT2D eigenvalue weighted by molar-refractivity contribution is -0.146. The minimum Gasteiger partial charge on any atom is -0.481 e. The minimum absolute atomic E-state index is 0.200. The van der Waals surface area contributed by atoms with E-state index in [2.05, 4.69) is 10.3 Å². The van der Waals surface area contributed by atoms with Crippen LogP contribution in [0, 0.1) is 5.41 Å². The second-order valence-corrected chi connectivity index (χ2v) is 6.54. The molecule has 0 saturated carbocycles. The van der Waals surface area contributed by atoms with E-state index in [9.17, 15) is 14.7 Å². The SMILES string of the molecule is CN(C)c1nc2cc(NC(=O)N3CCC(C)(C(=O)O)C3)ccc2o1. The van der Waals surface area contributed by atoms with E-state index in [1.807, 2.05) is 14.1 Å². The molecule has 2 amide bonds. The Balaban J connectivity index is 1.73. The van der Waals surface area contributed by atoms with Gasteiger partial charge in [-0.15, -0.1) is 0 Å². The number of hydrogen-bond donors (Lipinski definition) is 2. The van der Waals surface area contributed by atoms with Gasteiger partial charge in [0.1, 0.15) is 5.52 Å². The number of likely N-dealkylation sites (tertiary alicyclic amines) is 1. The molecule has 1 aromatic carbocycles. The van der Waals surface area contributed by atoms with Gasteiger partial charge in [-0.1, -0.05) is 0 Å². The van der Waals surface area contributed by atoms with Gasteiger partial charge in [0.15, 0.2) is 5.58 Å². The van der Waals surface area contributed by atoms with Crippen molar-refractivity contribution in [3.05, 3.63) is 18.2 Å². The van der Waals surface area contributed by atoms with Crippen LogP contribution < -0.4 is 10.2 Å². The molecule has 2 N–H and O–H groups in total. The van der Waals surface area contributed by atoms with Gasteiger partial charge in [-0.25, -0.2) is 4.79 Å².